The van der Waals surface area contributed by atoms with Crippen molar-refractivity contribution in [1.82, 2.24) is 5.32 Å². The van der Waals surface area contributed by atoms with E-state index in [-0.39, 0.29) is 0 Å². The predicted octanol–water partition coefficient (Wildman–Crippen LogP) is 2.33. The third-order valence-corrected chi connectivity index (χ3v) is 2.39. The fourth-order valence-corrected chi connectivity index (χ4v) is 1.44. The second-order valence-corrected chi connectivity index (χ2v) is 3.45. The minimum absolute atomic E-state index is 0.691. The first-order valence-electron chi connectivity index (χ1n) is 6.52. The molecule has 0 unspecified atom stereocenters. The molecule has 0 saturated heterocycles. The van der Waals surface area contributed by atoms with Crippen molar-refractivity contribution in [3.8, 4) is 0 Å². The Hall–Kier alpha value is -1.55. The molecule has 18 heavy (non-hydrogen) atoms. The van der Waals surface area contributed by atoms with Gasteiger partial charge in [0, 0.05) is 31.5 Å². The van der Waals surface area contributed by atoms with Gasteiger partial charge in [0.25, 0.3) is 0 Å². The average Bonchev–Trinajstić information content (AvgIpc) is 2.46. The molecular weight excluding hydrogens is 226 g/mol. The molecule has 2 N–H and O–H groups in total. The van der Waals surface area contributed by atoms with Crippen LogP contribution in [0.25, 0.3) is 0 Å². The fraction of sp³-hybridized carbons (Fsp3) is 0.500. The van der Waals surface area contributed by atoms with Gasteiger partial charge in [0.2, 0.25) is 6.41 Å². The SMILES string of the molecule is CC.CCNCCN(C=O)c1ccc(NC)cc1. The first kappa shape index (κ1) is 16.4. The summed E-state index contributed by atoms with van der Waals surface area (Å²) < 4.78 is 0. The zero-order valence-electron chi connectivity index (χ0n) is 11.9. The second kappa shape index (κ2) is 10.6. The number of carbonyl (C=O) groups excluding carboxylic acids is 1. The maximum Gasteiger partial charge on any atom is 0.214 e. The molecule has 1 aromatic carbocycles. The fourth-order valence-electron chi connectivity index (χ4n) is 1.44. The maximum atomic E-state index is 10.9. The van der Waals surface area contributed by atoms with Crippen molar-refractivity contribution in [3.63, 3.8) is 0 Å². The van der Waals surface area contributed by atoms with E-state index < -0.39 is 0 Å². The highest BCUT2D eigenvalue weighted by Crippen LogP contribution is 2.15. The van der Waals surface area contributed by atoms with Gasteiger partial charge in [-0.05, 0) is 30.8 Å². The van der Waals surface area contributed by atoms with Gasteiger partial charge in [0.1, 0.15) is 0 Å². The molecule has 1 aromatic rings. The van der Waals surface area contributed by atoms with E-state index in [9.17, 15) is 4.79 Å². The maximum absolute atomic E-state index is 10.9. The van der Waals surface area contributed by atoms with Crippen LogP contribution < -0.4 is 15.5 Å². The van der Waals surface area contributed by atoms with Crippen LogP contribution in [0, 0.1) is 0 Å². The van der Waals surface area contributed by atoms with Crippen LogP contribution in [0.3, 0.4) is 0 Å². The summed E-state index contributed by atoms with van der Waals surface area (Å²) in [6, 6.07) is 7.79. The summed E-state index contributed by atoms with van der Waals surface area (Å²) in [7, 11) is 1.87. The van der Waals surface area contributed by atoms with Crippen LogP contribution in [0.4, 0.5) is 11.4 Å². The van der Waals surface area contributed by atoms with E-state index in [1.165, 1.54) is 0 Å². The van der Waals surface area contributed by atoms with Crippen molar-refractivity contribution in [2.45, 2.75) is 20.8 Å². The van der Waals surface area contributed by atoms with Crippen molar-refractivity contribution in [3.05, 3.63) is 24.3 Å². The number of rotatable bonds is 7. The van der Waals surface area contributed by atoms with E-state index in [0.29, 0.717) is 6.54 Å². The van der Waals surface area contributed by atoms with Gasteiger partial charge in [-0.15, -0.1) is 0 Å². The Morgan fingerprint density at radius 3 is 2.28 bits per heavy atom. The first-order valence-corrected chi connectivity index (χ1v) is 6.52. The highest BCUT2D eigenvalue weighted by molar-refractivity contribution is 5.75. The van der Waals surface area contributed by atoms with Crippen molar-refractivity contribution in [2.75, 3.05) is 36.9 Å². The van der Waals surface area contributed by atoms with Gasteiger partial charge >= 0.3 is 0 Å². The summed E-state index contributed by atoms with van der Waals surface area (Å²) in [6.45, 7) is 8.47. The molecular formula is C14H25N3O. The van der Waals surface area contributed by atoms with Crippen LogP contribution >= 0.6 is 0 Å². The van der Waals surface area contributed by atoms with E-state index in [1.807, 2.05) is 52.1 Å². The Bertz CT molecular complexity index is 311. The molecule has 0 aromatic heterocycles. The standard InChI is InChI=1S/C12H19N3O.C2H6/c1-3-14-8-9-15(10-16)12-6-4-11(13-2)5-7-12;1-2/h4-7,10,13-14H,3,8-9H2,1-2H3;1-2H3. The van der Waals surface area contributed by atoms with Crippen LogP contribution in [-0.2, 0) is 4.79 Å². The van der Waals surface area contributed by atoms with Crippen molar-refractivity contribution in [1.29, 1.82) is 0 Å². The van der Waals surface area contributed by atoms with Crippen LogP contribution in [0.1, 0.15) is 20.8 Å². The summed E-state index contributed by atoms with van der Waals surface area (Å²) in [5.41, 5.74) is 1.97. The van der Waals surface area contributed by atoms with Gasteiger partial charge in [0.05, 0.1) is 0 Å². The quantitative estimate of drug-likeness (QED) is 0.577. The lowest BCUT2D eigenvalue weighted by atomic mass is 10.2. The minimum Gasteiger partial charge on any atom is -0.388 e. The Morgan fingerprint density at radius 1 is 1.22 bits per heavy atom. The predicted molar refractivity (Wildman–Crippen MR) is 79.3 cm³/mol. The number of anilines is 2. The Balaban J connectivity index is 0.00000137. The largest absolute Gasteiger partial charge is 0.388 e. The summed E-state index contributed by atoms with van der Waals surface area (Å²) in [6.07, 6.45) is 0.867. The van der Waals surface area contributed by atoms with Crippen LogP contribution in [0.15, 0.2) is 24.3 Å². The molecule has 0 aliphatic rings. The summed E-state index contributed by atoms with van der Waals surface area (Å²) in [4.78, 5) is 12.6. The number of benzene rings is 1. The molecule has 102 valence electrons. The third-order valence-electron chi connectivity index (χ3n) is 2.39. The Kier molecular flexibility index (Phi) is 9.68. The molecule has 0 radical (unpaired) electrons. The number of nitrogens with zero attached hydrogens (tertiary/aromatic N) is 1. The van der Waals surface area contributed by atoms with Gasteiger partial charge in [-0.25, -0.2) is 0 Å². The molecule has 0 saturated carbocycles. The molecule has 0 heterocycles. The van der Waals surface area contributed by atoms with Crippen LogP contribution in [-0.4, -0.2) is 33.1 Å². The van der Waals surface area contributed by atoms with E-state index in [4.69, 9.17) is 0 Å². The van der Waals surface area contributed by atoms with Crippen molar-refractivity contribution in [2.24, 2.45) is 0 Å². The Labute approximate surface area is 110 Å². The highest BCUT2D eigenvalue weighted by Gasteiger charge is 2.03. The zero-order chi connectivity index (χ0) is 13.8. The summed E-state index contributed by atoms with van der Waals surface area (Å²) in [5, 5.41) is 6.24. The lowest BCUT2D eigenvalue weighted by molar-refractivity contribution is -0.107. The average molecular weight is 251 g/mol. The van der Waals surface area contributed by atoms with Crippen molar-refractivity contribution < 1.29 is 4.79 Å². The number of likely N-dealkylation sites (N-methyl/N-ethyl adjacent to an activating group) is 1. The monoisotopic (exact) mass is 251 g/mol. The van der Waals surface area contributed by atoms with Gasteiger partial charge in [-0.3, -0.25) is 4.79 Å². The van der Waals surface area contributed by atoms with Gasteiger partial charge in [-0.1, -0.05) is 20.8 Å². The van der Waals surface area contributed by atoms with E-state index in [1.54, 1.807) is 4.90 Å². The zero-order valence-corrected chi connectivity index (χ0v) is 11.9. The molecule has 0 atom stereocenters. The van der Waals surface area contributed by atoms with Crippen LogP contribution in [0.2, 0.25) is 0 Å². The molecule has 4 heteroatoms. The molecule has 0 fully saturated rings. The number of nitrogens with one attached hydrogen (secondary N) is 2. The smallest absolute Gasteiger partial charge is 0.214 e. The number of carbonyl (C=O) groups is 1. The molecule has 0 bridgehead atoms. The Morgan fingerprint density at radius 2 is 1.83 bits per heavy atom. The van der Waals surface area contributed by atoms with E-state index >= 15 is 0 Å². The second-order valence-electron chi connectivity index (χ2n) is 3.45. The highest BCUT2D eigenvalue weighted by atomic mass is 16.1. The molecule has 0 aliphatic heterocycles. The minimum atomic E-state index is 0.691. The molecule has 1 amide bonds. The number of hydrogen-bond acceptors (Lipinski definition) is 3. The van der Waals surface area contributed by atoms with E-state index in [2.05, 4.69) is 10.6 Å². The molecule has 4 nitrogen and oxygen atoms in total. The number of hydrogen-bond donors (Lipinski definition) is 2. The number of amides is 1. The van der Waals surface area contributed by atoms with Gasteiger partial charge in [-0.2, -0.15) is 0 Å². The topological polar surface area (TPSA) is 44.4 Å². The van der Waals surface area contributed by atoms with Gasteiger partial charge in [0.15, 0.2) is 0 Å². The van der Waals surface area contributed by atoms with Crippen LogP contribution in [0.5, 0.6) is 0 Å². The first-order chi connectivity index (χ1) is 8.81. The molecule has 1 rings (SSSR count). The van der Waals surface area contributed by atoms with Gasteiger partial charge < -0.3 is 15.5 Å². The molecule has 0 spiro atoms. The third kappa shape index (κ3) is 5.68. The summed E-state index contributed by atoms with van der Waals surface area (Å²) >= 11 is 0. The van der Waals surface area contributed by atoms with E-state index in [0.717, 1.165) is 30.9 Å². The summed E-state index contributed by atoms with van der Waals surface area (Å²) in [5.74, 6) is 0. The lowest BCUT2D eigenvalue weighted by Crippen LogP contribution is -2.30. The lowest BCUT2D eigenvalue weighted by Gasteiger charge is -2.17. The normalized spacial score (nSPS) is 9.11. The van der Waals surface area contributed by atoms with Crippen molar-refractivity contribution >= 4 is 17.8 Å². The molecule has 0 aliphatic carbocycles.